The zero-order valence-electron chi connectivity index (χ0n) is 16.3. The fourth-order valence-electron chi connectivity index (χ4n) is 3.30. The van der Waals surface area contributed by atoms with Crippen LogP contribution in [0.5, 0.6) is 0 Å². The first-order valence-electron chi connectivity index (χ1n) is 9.15. The maximum Gasteiger partial charge on any atom is 0.351 e. The highest BCUT2D eigenvalue weighted by atomic mass is 32.2. The van der Waals surface area contributed by atoms with Crippen molar-refractivity contribution in [2.45, 2.75) is 35.4 Å². The molecule has 4 N–H and O–H groups in total. The number of hydrogen-bond donors (Lipinski definition) is 3. The fourth-order valence-corrected chi connectivity index (χ4v) is 4.60. The van der Waals surface area contributed by atoms with E-state index in [1.54, 1.807) is 23.0 Å². The number of fused-ring (bicyclic) bond motifs is 1. The maximum atomic E-state index is 11.2. The van der Waals surface area contributed by atoms with E-state index in [9.17, 15) is 14.7 Å². The molecule has 12 nitrogen and oxygen atoms in total. The Morgan fingerprint density at radius 2 is 2.06 bits per heavy atom. The monoisotopic (exact) mass is 466 g/mol. The quantitative estimate of drug-likeness (QED) is 0.192. The van der Waals surface area contributed by atoms with E-state index in [-0.39, 0.29) is 17.6 Å². The molecule has 31 heavy (non-hydrogen) atoms. The molecule has 1 aliphatic carbocycles. The molecule has 0 amide bonds. The zero-order valence-corrected chi connectivity index (χ0v) is 18.0. The highest BCUT2D eigenvalue weighted by molar-refractivity contribution is 7.99. The summed E-state index contributed by atoms with van der Waals surface area (Å²) in [5.41, 5.74) is 6.13. The van der Waals surface area contributed by atoms with E-state index < -0.39 is 24.5 Å². The third-order valence-corrected chi connectivity index (χ3v) is 6.51. The van der Waals surface area contributed by atoms with Crippen LogP contribution in [0, 0.1) is 16.0 Å². The standard InChI is InChI=1S/C17H19N6O6PS/c1-10-6-17(10,29-9-30(26,27)28)7-22-8-19-13-14(22)20-16(18)21-15(13)31-12-4-2-11(3-5-12)23(24)25/h2-5,8,10H,6-7,9H2,1H3,(H2,18,20,21)(H2,26,27,28). The van der Waals surface area contributed by atoms with Crippen LogP contribution in [0.15, 0.2) is 40.5 Å². The minimum atomic E-state index is -4.29. The number of ether oxygens (including phenoxy) is 1. The smallest absolute Gasteiger partial charge is 0.351 e. The Morgan fingerprint density at radius 3 is 2.65 bits per heavy atom. The van der Waals surface area contributed by atoms with Crippen molar-refractivity contribution in [3.8, 4) is 0 Å². The molecular weight excluding hydrogens is 447 g/mol. The van der Waals surface area contributed by atoms with Crippen molar-refractivity contribution >= 4 is 42.2 Å². The van der Waals surface area contributed by atoms with E-state index in [2.05, 4.69) is 15.0 Å². The number of non-ortho nitro benzene ring substituents is 1. The first-order chi connectivity index (χ1) is 14.6. The van der Waals surface area contributed by atoms with Crippen LogP contribution in [0.2, 0.25) is 0 Å². The molecule has 2 heterocycles. The molecule has 2 aromatic heterocycles. The molecule has 1 fully saturated rings. The van der Waals surface area contributed by atoms with Crippen LogP contribution >= 0.6 is 19.4 Å². The Kier molecular flexibility index (Phi) is 5.48. The molecule has 0 radical (unpaired) electrons. The molecule has 0 aliphatic heterocycles. The number of aromatic nitrogens is 4. The molecule has 164 valence electrons. The van der Waals surface area contributed by atoms with E-state index in [1.807, 2.05) is 6.92 Å². The Hall–Kier alpha value is -2.57. The highest BCUT2D eigenvalue weighted by Crippen LogP contribution is 2.51. The third-order valence-electron chi connectivity index (χ3n) is 5.06. The van der Waals surface area contributed by atoms with Gasteiger partial charge in [0.25, 0.3) is 5.69 Å². The zero-order chi connectivity index (χ0) is 22.4. The second-order valence-corrected chi connectivity index (χ2v) is 10.0. The number of hydrogen-bond acceptors (Lipinski definition) is 9. The van der Waals surface area contributed by atoms with E-state index in [0.29, 0.717) is 29.2 Å². The Labute approximate surface area is 180 Å². The van der Waals surface area contributed by atoms with Crippen molar-refractivity contribution in [2.75, 3.05) is 12.1 Å². The number of nitrogens with zero attached hydrogens (tertiary/aromatic N) is 5. The van der Waals surface area contributed by atoms with Gasteiger partial charge in [0.15, 0.2) is 5.65 Å². The van der Waals surface area contributed by atoms with Gasteiger partial charge in [0.2, 0.25) is 5.95 Å². The lowest BCUT2D eigenvalue weighted by molar-refractivity contribution is -0.384. The number of benzene rings is 1. The summed E-state index contributed by atoms with van der Waals surface area (Å²) in [6, 6.07) is 6.03. The summed E-state index contributed by atoms with van der Waals surface area (Å²) in [4.78, 5) is 42.3. The summed E-state index contributed by atoms with van der Waals surface area (Å²) in [5.74, 6) is 0.150. The van der Waals surface area contributed by atoms with E-state index >= 15 is 0 Å². The van der Waals surface area contributed by atoms with Crippen molar-refractivity contribution in [1.82, 2.24) is 19.5 Å². The SMILES string of the molecule is CC1CC1(Cn1cnc2c(Sc3ccc([N+](=O)[O-])cc3)nc(N)nc21)OCP(=O)(O)O. The maximum absolute atomic E-state index is 11.2. The Morgan fingerprint density at radius 1 is 1.39 bits per heavy atom. The molecule has 3 aromatic rings. The average Bonchev–Trinajstić information content (AvgIpc) is 3.14. The Bertz CT molecular complexity index is 1200. The summed E-state index contributed by atoms with van der Waals surface area (Å²) in [7, 11) is -4.29. The summed E-state index contributed by atoms with van der Waals surface area (Å²) >= 11 is 1.25. The lowest BCUT2D eigenvalue weighted by atomic mass is 10.2. The van der Waals surface area contributed by atoms with Gasteiger partial charge in [-0.1, -0.05) is 18.7 Å². The lowest BCUT2D eigenvalue weighted by Crippen LogP contribution is -2.24. The van der Waals surface area contributed by atoms with Gasteiger partial charge < -0.3 is 24.8 Å². The number of nitrogens with two attached hydrogens (primary N) is 1. The first-order valence-corrected chi connectivity index (χ1v) is 11.8. The van der Waals surface area contributed by atoms with Gasteiger partial charge in [-0.25, -0.2) is 9.97 Å². The molecule has 1 aromatic carbocycles. The van der Waals surface area contributed by atoms with E-state index in [0.717, 1.165) is 4.90 Å². The van der Waals surface area contributed by atoms with Gasteiger partial charge in [-0.2, -0.15) is 4.98 Å². The number of nitro groups is 1. The van der Waals surface area contributed by atoms with Crippen molar-refractivity contribution in [3.63, 3.8) is 0 Å². The summed E-state index contributed by atoms with van der Waals surface area (Å²) in [6.07, 6.45) is 1.56. The van der Waals surface area contributed by atoms with Gasteiger partial charge in [-0.05, 0) is 24.5 Å². The van der Waals surface area contributed by atoms with E-state index in [4.69, 9.17) is 20.3 Å². The minimum absolute atomic E-state index is 0.0138. The molecule has 14 heteroatoms. The van der Waals surface area contributed by atoms with Crippen LogP contribution in [0.25, 0.3) is 11.2 Å². The number of nitrogen functional groups attached to an aromatic ring is 1. The van der Waals surface area contributed by atoms with Crippen LogP contribution in [0.4, 0.5) is 11.6 Å². The molecule has 0 bridgehead atoms. The highest BCUT2D eigenvalue weighted by Gasteiger charge is 2.53. The molecule has 1 aliphatic rings. The minimum Gasteiger partial charge on any atom is -0.368 e. The van der Waals surface area contributed by atoms with Gasteiger partial charge in [-0.15, -0.1) is 0 Å². The molecule has 1 saturated carbocycles. The van der Waals surface area contributed by atoms with Crippen molar-refractivity contribution < 1.29 is 24.0 Å². The third kappa shape index (κ3) is 4.70. The van der Waals surface area contributed by atoms with Crippen LogP contribution in [0.3, 0.4) is 0 Å². The first kappa shape index (κ1) is 21.7. The largest absolute Gasteiger partial charge is 0.368 e. The number of nitro benzene ring substituents is 1. The number of anilines is 1. The summed E-state index contributed by atoms with van der Waals surface area (Å²) in [6.45, 7) is 2.25. The van der Waals surface area contributed by atoms with Crippen molar-refractivity contribution in [2.24, 2.45) is 5.92 Å². The van der Waals surface area contributed by atoms with E-state index in [1.165, 1.54) is 23.9 Å². The fraction of sp³-hybridized carbons (Fsp3) is 0.353. The van der Waals surface area contributed by atoms with Gasteiger partial charge in [0.1, 0.15) is 16.9 Å². The molecule has 4 rings (SSSR count). The molecule has 2 unspecified atom stereocenters. The molecule has 0 saturated heterocycles. The van der Waals surface area contributed by atoms with Crippen LogP contribution < -0.4 is 5.73 Å². The second kappa shape index (κ2) is 7.84. The van der Waals surface area contributed by atoms with Crippen molar-refractivity contribution in [1.29, 1.82) is 0 Å². The van der Waals surface area contributed by atoms with Gasteiger partial charge in [0.05, 0.1) is 23.4 Å². The second-order valence-electron chi connectivity index (χ2n) is 7.39. The number of imidazole rings is 1. The summed E-state index contributed by atoms with van der Waals surface area (Å²) < 4.78 is 18.5. The average molecular weight is 466 g/mol. The molecular formula is C17H19N6O6PS. The summed E-state index contributed by atoms with van der Waals surface area (Å²) in [5, 5.41) is 11.3. The number of rotatable bonds is 8. The van der Waals surface area contributed by atoms with Gasteiger partial charge in [-0.3, -0.25) is 14.7 Å². The van der Waals surface area contributed by atoms with Crippen LogP contribution in [-0.2, 0) is 15.8 Å². The van der Waals surface area contributed by atoms with Gasteiger partial charge in [0, 0.05) is 17.0 Å². The predicted molar refractivity (Wildman–Crippen MR) is 111 cm³/mol. The normalized spacial score (nSPS) is 20.8. The molecule has 2 atom stereocenters. The van der Waals surface area contributed by atoms with Gasteiger partial charge >= 0.3 is 7.60 Å². The van der Waals surface area contributed by atoms with Crippen LogP contribution in [-0.4, -0.2) is 46.2 Å². The Balaban J connectivity index is 1.61. The predicted octanol–water partition coefficient (Wildman–Crippen LogP) is 2.40. The van der Waals surface area contributed by atoms with Crippen molar-refractivity contribution in [3.05, 3.63) is 40.7 Å². The molecule has 0 spiro atoms. The van der Waals surface area contributed by atoms with Crippen LogP contribution in [0.1, 0.15) is 13.3 Å². The lowest BCUT2D eigenvalue weighted by Gasteiger charge is -2.19. The topological polar surface area (TPSA) is 180 Å².